The standard InChI is InChI=1S/C40H64N4O5/c1-5-8-9-10-11-12-13-14-15-16-17-18-19-20-21-22-23-24-25-26-38(46)42-27-29-48-30-28-43-40(47)34-31-36(41)39(44-33(4)45)37(32-34)49-35(6-2)7-3/h8-9,11-12,14-15,17-18,20-21,23-24,32,35-37,39H,5-7,10,13,16,19,22,25-31,41H2,1-4H3,(H,42,46)(H,43,47)(H,44,45)/t36-,37+,39+/m0/s1. The van der Waals surface area contributed by atoms with Crippen LogP contribution < -0.4 is 21.7 Å². The lowest BCUT2D eigenvalue weighted by Crippen LogP contribution is -2.57. The Bertz CT molecular complexity index is 1130. The minimum atomic E-state index is -0.474. The molecule has 1 aliphatic rings. The second-order valence-electron chi connectivity index (χ2n) is 12.0. The molecule has 0 heterocycles. The molecule has 9 heteroatoms. The summed E-state index contributed by atoms with van der Waals surface area (Å²) in [6.45, 7) is 9.10. The third-order valence-electron chi connectivity index (χ3n) is 7.79. The minimum Gasteiger partial charge on any atom is -0.378 e. The van der Waals surface area contributed by atoms with Gasteiger partial charge in [-0.05, 0) is 70.3 Å². The van der Waals surface area contributed by atoms with Gasteiger partial charge in [-0.15, -0.1) is 0 Å². The zero-order valence-corrected chi connectivity index (χ0v) is 30.5. The molecular weight excluding hydrogens is 616 g/mol. The second kappa shape index (κ2) is 29.4. The van der Waals surface area contributed by atoms with E-state index in [1.165, 1.54) is 6.92 Å². The Balaban J connectivity index is 2.14. The highest BCUT2D eigenvalue weighted by Gasteiger charge is 2.35. The van der Waals surface area contributed by atoms with E-state index in [9.17, 15) is 14.4 Å². The van der Waals surface area contributed by atoms with Gasteiger partial charge in [0.1, 0.15) is 0 Å². The number of allylic oxidation sites excluding steroid dienone is 12. The maximum Gasteiger partial charge on any atom is 0.247 e. The predicted molar refractivity (Wildman–Crippen MR) is 202 cm³/mol. The highest BCUT2D eigenvalue weighted by Crippen LogP contribution is 2.23. The smallest absolute Gasteiger partial charge is 0.247 e. The number of nitrogens with two attached hydrogens (primary N) is 1. The average Bonchev–Trinajstić information content (AvgIpc) is 3.08. The molecule has 0 aromatic rings. The molecule has 0 saturated carbocycles. The maximum absolute atomic E-state index is 12.8. The van der Waals surface area contributed by atoms with Crippen LogP contribution in [0.15, 0.2) is 84.6 Å². The molecule has 1 rings (SSSR count). The van der Waals surface area contributed by atoms with Gasteiger partial charge in [0.2, 0.25) is 17.7 Å². The van der Waals surface area contributed by atoms with Crippen LogP contribution in [-0.4, -0.2) is 68.3 Å². The molecule has 0 aromatic heterocycles. The second-order valence-corrected chi connectivity index (χ2v) is 12.0. The third-order valence-corrected chi connectivity index (χ3v) is 7.79. The molecule has 49 heavy (non-hydrogen) atoms. The number of carbonyl (C=O) groups excluding carboxylic acids is 3. The summed E-state index contributed by atoms with van der Waals surface area (Å²) in [6.07, 6.45) is 36.2. The van der Waals surface area contributed by atoms with Crippen LogP contribution in [0.4, 0.5) is 0 Å². The van der Waals surface area contributed by atoms with Gasteiger partial charge in [0.15, 0.2) is 0 Å². The van der Waals surface area contributed by atoms with Gasteiger partial charge in [-0.3, -0.25) is 14.4 Å². The van der Waals surface area contributed by atoms with E-state index in [0.717, 1.165) is 51.4 Å². The topological polar surface area (TPSA) is 132 Å². The predicted octanol–water partition coefficient (Wildman–Crippen LogP) is 6.45. The summed E-state index contributed by atoms with van der Waals surface area (Å²) in [6, 6.07) is -0.827. The Morgan fingerprint density at radius 1 is 0.796 bits per heavy atom. The first-order valence-corrected chi connectivity index (χ1v) is 18.2. The lowest BCUT2D eigenvalue weighted by Gasteiger charge is -2.36. The number of ether oxygens (including phenoxy) is 2. The first-order chi connectivity index (χ1) is 23.8. The summed E-state index contributed by atoms with van der Waals surface area (Å²) >= 11 is 0. The van der Waals surface area contributed by atoms with E-state index in [-0.39, 0.29) is 29.9 Å². The molecular formula is C40H64N4O5. The lowest BCUT2D eigenvalue weighted by atomic mass is 9.87. The van der Waals surface area contributed by atoms with Crippen molar-refractivity contribution in [1.29, 1.82) is 0 Å². The third kappa shape index (κ3) is 22.7. The van der Waals surface area contributed by atoms with Crippen LogP contribution in [0.25, 0.3) is 0 Å². The van der Waals surface area contributed by atoms with Gasteiger partial charge >= 0.3 is 0 Å². The zero-order chi connectivity index (χ0) is 36.0. The van der Waals surface area contributed by atoms with Crippen LogP contribution in [0.5, 0.6) is 0 Å². The normalized spacial score (nSPS) is 18.6. The van der Waals surface area contributed by atoms with E-state index in [2.05, 4.69) is 89.7 Å². The Morgan fingerprint density at radius 3 is 1.82 bits per heavy atom. The highest BCUT2D eigenvalue weighted by molar-refractivity contribution is 5.94. The fourth-order valence-electron chi connectivity index (χ4n) is 5.07. The quantitative estimate of drug-likeness (QED) is 0.0614. The number of hydrogen-bond acceptors (Lipinski definition) is 6. The Labute approximate surface area is 296 Å². The summed E-state index contributed by atoms with van der Waals surface area (Å²) in [5.41, 5.74) is 6.90. The molecule has 0 unspecified atom stereocenters. The SMILES string of the molecule is CCC=CCC=CCC=CCC=CCC=CCC=CCCC(=O)NCCOCCNC(=O)C1=C[C@@H](OC(CC)CC)[C@H](NC(C)=O)[C@@H](N)C1. The number of rotatable bonds is 26. The molecule has 0 aromatic carbocycles. The van der Waals surface area contributed by atoms with E-state index >= 15 is 0 Å². The van der Waals surface area contributed by atoms with Gasteiger partial charge in [0.05, 0.1) is 31.5 Å². The fraction of sp³-hybridized carbons (Fsp3) is 0.575. The highest BCUT2D eigenvalue weighted by atomic mass is 16.5. The Kier molecular flexibility index (Phi) is 26.1. The van der Waals surface area contributed by atoms with Crippen molar-refractivity contribution in [2.24, 2.45) is 5.73 Å². The minimum absolute atomic E-state index is 0.0117. The summed E-state index contributed by atoms with van der Waals surface area (Å²) in [5.74, 6) is -0.418. The first-order valence-electron chi connectivity index (χ1n) is 18.2. The number of hydrogen-bond donors (Lipinski definition) is 4. The van der Waals surface area contributed by atoms with Crippen molar-refractivity contribution in [3.8, 4) is 0 Å². The van der Waals surface area contributed by atoms with E-state index in [4.69, 9.17) is 15.2 Å². The van der Waals surface area contributed by atoms with Gasteiger partial charge in [0.25, 0.3) is 0 Å². The molecule has 3 amide bonds. The molecule has 5 N–H and O–H groups in total. The molecule has 0 saturated heterocycles. The van der Waals surface area contributed by atoms with Gasteiger partial charge in [-0.25, -0.2) is 0 Å². The lowest BCUT2D eigenvalue weighted by molar-refractivity contribution is -0.122. The van der Waals surface area contributed by atoms with Crippen molar-refractivity contribution in [3.63, 3.8) is 0 Å². The fourth-order valence-corrected chi connectivity index (χ4v) is 5.07. The monoisotopic (exact) mass is 680 g/mol. The van der Waals surface area contributed by atoms with Gasteiger partial charge in [-0.2, -0.15) is 0 Å². The molecule has 1 aliphatic carbocycles. The van der Waals surface area contributed by atoms with E-state index in [1.54, 1.807) is 6.08 Å². The summed E-state index contributed by atoms with van der Waals surface area (Å²) in [5, 5.41) is 8.62. The number of carbonyl (C=O) groups is 3. The van der Waals surface area contributed by atoms with Crippen LogP contribution in [-0.2, 0) is 23.9 Å². The van der Waals surface area contributed by atoms with Crippen molar-refractivity contribution < 1.29 is 23.9 Å². The van der Waals surface area contributed by atoms with Crippen LogP contribution >= 0.6 is 0 Å². The Morgan fingerprint density at radius 2 is 1.31 bits per heavy atom. The molecule has 0 aliphatic heterocycles. The van der Waals surface area contributed by atoms with Crippen molar-refractivity contribution in [1.82, 2.24) is 16.0 Å². The van der Waals surface area contributed by atoms with Crippen LogP contribution in [0, 0.1) is 0 Å². The van der Waals surface area contributed by atoms with E-state index in [0.29, 0.717) is 51.1 Å². The number of amides is 3. The van der Waals surface area contributed by atoms with Crippen LogP contribution in [0.3, 0.4) is 0 Å². The molecule has 0 radical (unpaired) electrons. The number of nitrogens with one attached hydrogen (secondary N) is 3. The average molecular weight is 681 g/mol. The van der Waals surface area contributed by atoms with Crippen molar-refractivity contribution in [3.05, 3.63) is 84.6 Å². The van der Waals surface area contributed by atoms with Crippen LogP contribution in [0.2, 0.25) is 0 Å². The zero-order valence-electron chi connectivity index (χ0n) is 30.5. The van der Waals surface area contributed by atoms with E-state index in [1.807, 2.05) is 19.9 Å². The molecule has 9 nitrogen and oxygen atoms in total. The van der Waals surface area contributed by atoms with Crippen LogP contribution in [0.1, 0.15) is 98.3 Å². The van der Waals surface area contributed by atoms with Crippen molar-refractivity contribution in [2.45, 2.75) is 123 Å². The van der Waals surface area contributed by atoms with Crippen molar-refractivity contribution >= 4 is 17.7 Å². The Hall–Kier alpha value is -3.53. The molecule has 3 atom stereocenters. The summed E-state index contributed by atoms with van der Waals surface area (Å²) in [4.78, 5) is 36.6. The van der Waals surface area contributed by atoms with Gasteiger partial charge in [0, 0.05) is 38.0 Å². The van der Waals surface area contributed by atoms with Gasteiger partial charge < -0.3 is 31.2 Å². The first kappa shape index (κ1) is 43.5. The van der Waals surface area contributed by atoms with Gasteiger partial charge in [-0.1, -0.05) is 93.7 Å². The molecule has 0 bridgehead atoms. The van der Waals surface area contributed by atoms with Crippen molar-refractivity contribution in [2.75, 3.05) is 26.3 Å². The molecule has 274 valence electrons. The molecule has 0 fully saturated rings. The maximum atomic E-state index is 12.8. The van der Waals surface area contributed by atoms with E-state index < -0.39 is 12.1 Å². The molecule has 0 spiro atoms. The summed E-state index contributed by atoms with van der Waals surface area (Å²) < 4.78 is 11.8. The summed E-state index contributed by atoms with van der Waals surface area (Å²) in [7, 11) is 0. The largest absolute Gasteiger partial charge is 0.378 e.